The fraction of sp³-hybridized carbons (Fsp3) is 0.250. The Labute approximate surface area is 134 Å². The van der Waals surface area contributed by atoms with E-state index in [1.54, 1.807) is 30.5 Å². The Kier molecular flexibility index (Phi) is 6.51. The standard InChI is InChI=1S/C16H18ClN3O2/c17-13-4-6-15(7-5-13)22-12-11-20-16(21)19-10-8-14-3-1-2-9-18-14/h1-7,9H,8,10-12H2,(H2,19,20,21). The molecule has 1 aromatic carbocycles. The third-order valence-corrected chi connectivity index (χ3v) is 3.11. The minimum absolute atomic E-state index is 0.212. The second-order valence-corrected chi connectivity index (χ2v) is 4.99. The highest BCUT2D eigenvalue weighted by molar-refractivity contribution is 6.30. The quantitative estimate of drug-likeness (QED) is 0.771. The van der Waals surface area contributed by atoms with Crippen LogP contribution in [0.15, 0.2) is 48.7 Å². The van der Waals surface area contributed by atoms with E-state index < -0.39 is 0 Å². The Morgan fingerprint density at radius 2 is 1.86 bits per heavy atom. The highest BCUT2D eigenvalue weighted by Gasteiger charge is 2.00. The molecule has 5 nitrogen and oxygen atoms in total. The lowest BCUT2D eigenvalue weighted by molar-refractivity contribution is 0.236. The lowest BCUT2D eigenvalue weighted by atomic mass is 10.3. The van der Waals surface area contributed by atoms with E-state index in [0.717, 1.165) is 11.4 Å². The number of ether oxygens (including phenoxy) is 1. The molecule has 0 unspecified atom stereocenters. The van der Waals surface area contributed by atoms with Crippen molar-refractivity contribution in [2.75, 3.05) is 19.7 Å². The zero-order valence-electron chi connectivity index (χ0n) is 12.1. The average molecular weight is 320 g/mol. The number of hydrogen-bond donors (Lipinski definition) is 2. The van der Waals surface area contributed by atoms with Crippen molar-refractivity contribution < 1.29 is 9.53 Å². The molecule has 1 heterocycles. The highest BCUT2D eigenvalue weighted by atomic mass is 35.5. The first kappa shape index (κ1) is 16.1. The van der Waals surface area contributed by atoms with Crippen molar-refractivity contribution in [3.05, 3.63) is 59.4 Å². The third-order valence-electron chi connectivity index (χ3n) is 2.86. The number of halogens is 1. The predicted molar refractivity (Wildman–Crippen MR) is 86.3 cm³/mol. The van der Waals surface area contributed by atoms with Crippen LogP contribution in [0.2, 0.25) is 5.02 Å². The number of aromatic nitrogens is 1. The van der Waals surface area contributed by atoms with Gasteiger partial charge in [0.15, 0.2) is 0 Å². The SMILES string of the molecule is O=C(NCCOc1ccc(Cl)cc1)NCCc1ccccn1. The third kappa shape index (κ3) is 6.01. The van der Waals surface area contributed by atoms with Gasteiger partial charge in [-0.15, -0.1) is 0 Å². The van der Waals surface area contributed by atoms with Gasteiger partial charge in [-0.05, 0) is 36.4 Å². The molecule has 2 aromatic rings. The highest BCUT2D eigenvalue weighted by Crippen LogP contribution is 2.14. The second kappa shape index (κ2) is 8.89. The number of urea groups is 1. The van der Waals surface area contributed by atoms with E-state index in [1.165, 1.54) is 0 Å². The van der Waals surface area contributed by atoms with E-state index in [1.807, 2.05) is 18.2 Å². The molecule has 0 fully saturated rings. The number of nitrogens with zero attached hydrogens (tertiary/aromatic N) is 1. The summed E-state index contributed by atoms with van der Waals surface area (Å²) in [5.74, 6) is 0.724. The first-order valence-electron chi connectivity index (χ1n) is 7.04. The molecule has 0 saturated carbocycles. The number of amides is 2. The lowest BCUT2D eigenvalue weighted by Crippen LogP contribution is -2.38. The Balaban J connectivity index is 1.55. The molecule has 116 valence electrons. The maximum atomic E-state index is 11.6. The molecule has 0 radical (unpaired) electrons. The van der Waals surface area contributed by atoms with Gasteiger partial charge in [0.2, 0.25) is 0 Å². The van der Waals surface area contributed by atoms with Crippen molar-refractivity contribution in [2.24, 2.45) is 0 Å². The lowest BCUT2D eigenvalue weighted by Gasteiger charge is -2.09. The Bertz CT molecular complexity index is 576. The van der Waals surface area contributed by atoms with Crippen molar-refractivity contribution in [3.63, 3.8) is 0 Å². The van der Waals surface area contributed by atoms with Crippen LogP contribution in [0, 0.1) is 0 Å². The van der Waals surface area contributed by atoms with E-state index in [9.17, 15) is 4.79 Å². The summed E-state index contributed by atoms with van der Waals surface area (Å²) in [7, 11) is 0. The van der Waals surface area contributed by atoms with Gasteiger partial charge in [0.1, 0.15) is 12.4 Å². The smallest absolute Gasteiger partial charge is 0.314 e. The summed E-state index contributed by atoms with van der Waals surface area (Å²) in [4.78, 5) is 15.8. The van der Waals surface area contributed by atoms with Crippen LogP contribution in [0.5, 0.6) is 5.75 Å². The van der Waals surface area contributed by atoms with Gasteiger partial charge in [-0.25, -0.2) is 4.79 Å². The topological polar surface area (TPSA) is 63.2 Å². The number of benzene rings is 1. The normalized spacial score (nSPS) is 10.0. The molecule has 22 heavy (non-hydrogen) atoms. The number of nitrogens with one attached hydrogen (secondary N) is 2. The fourth-order valence-corrected chi connectivity index (χ4v) is 1.90. The van der Waals surface area contributed by atoms with Gasteiger partial charge < -0.3 is 15.4 Å². The van der Waals surface area contributed by atoms with Crippen LogP contribution < -0.4 is 15.4 Å². The van der Waals surface area contributed by atoms with Crippen LogP contribution in [0.25, 0.3) is 0 Å². The molecular weight excluding hydrogens is 302 g/mol. The fourth-order valence-electron chi connectivity index (χ4n) is 1.78. The zero-order chi connectivity index (χ0) is 15.6. The van der Waals surface area contributed by atoms with Crippen LogP contribution in [-0.2, 0) is 6.42 Å². The van der Waals surface area contributed by atoms with E-state index in [-0.39, 0.29) is 6.03 Å². The van der Waals surface area contributed by atoms with Gasteiger partial charge in [0, 0.05) is 29.9 Å². The molecule has 1 aromatic heterocycles. The van der Waals surface area contributed by atoms with Crippen LogP contribution in [-0.4, -0.2) is 30.7 Å². The van der Waals surface area contributed by atoms with Crippen LogP contribution in [0.3, 0.4) is 0 Å². The minimum Gasteiger partial charge on any atom is -0.492 e. The number of carbonyl (C=O) groups is 1. The number of rotatable bonds is 7. The maximum Gasteiger partial charge on any atom is 0.314 e. The number of hydrogen-bond acceptors (Lipinski definition) is 3. The first-order chi connectivity index (χ1) is 10.7. The summed E-state index contributed by atoms with van der Waals surface area (Å²) < 4.78 is 5.47. The molecule has 0 aliphatic heterocycles. The average Bonchev–Trinajstić information content (AvgIpc) is 2.54. The van der Waals surface area contributed by atoms with E-state index >= 15 is 0 Å². The van der Waals surface area contributed by atoms with Crippen molar-refractivity contribution in [2.45, 2.75) is 6.42 Å². The van der Waals surface area contributed by atoms with Gasteiger partial charge in [-0.1, -0.05) is 17.7 Å². The molecule has 2 amide bonds. The summed E-state index contributed by atoms with van der Waals surface area (Å²) >= 11 is 5.78. The monoisotopic (exact) mass is 319 g/mol. The van der Waals surface area contributed by atoms with Crippen LogP contribution in [0.4, 0.5) is 4.79 Å². The number of carbonyl (C=O) groups excluding carboxylic acids is 1. The second-order valence-electron chi connectivity index (χ2n) is 4.56. The van der Waals surface area contributed by atoms with Gasteiger partial charge in [-0.3, -0.25) is 4.98 Å². The Morgan fingerprint density at radius 1 is 1.09 bits per heavy atom. The first-order valence-corrected chi connectivity index (χ1v) is 7.42. The van der Waals surface area contributed by atoms with Crippen molar-refractivity contribution in [1.82, 2.24) is 15.6 Å². The Hall–Kier alpha value is -2.27. The van der Waals surface area contributed by atoms with Crippen molar-refractivity contribution >= 4 is 17.6 Å². The van der Waals surface area contributed by atoms with Gasteiger partial charge >= 0.3 is 6.03 Å². The van der Waals surface area contributed by atoms with Crippen LogP contribution >= 0.6 is 11.6 Å². The molecule has 2 rings (SSSR count). The van der Waals surface area contributed by atoms with Crippen molar-refractivity contribution in [1.29, 1.82) is 0 Å². The van der Waals surface area contributed by atoms with Crippen molar-refractivity contribution in [3.8, 4) is 5.75 Å². The molecular formula is C16H18ClN3O2. The Morgan fingerprint density at radius 3 is 2.59 bits per heavy atom. The zero-order valence-corrected chi connectivity index (χ0v) is 12.8. The molecule has 0 aliphatic carbocycles. The van der Waals surface area contributed by atoms with E-state index in [4.69, 9.17) is 16.3 Å². The van der Waals surface area contributed by atoms with Gasteiger partial charge in [0.25, 0.3) is 0 Å². The molecule has 6 heteroatoms. The molecule has 0 spiro atoms. The maximum absolute atomic E-state index is 11.6. The molecule has 0 saturated heterocycles. The number of pyridine rings is 1. The summed E-state index contributed by atoms with van der Waals surface area (Å²) in [6.45, 7) is 1.37. The van der Waals surface area contributed by atoms with Crippen LogP contribution in [0.1, 0.15) is 5.69 Å². The summed E-state index contributed by atoms with van der Waals surface area (Å²) in [6.07, 6.45) is 2.44. The summed E-state index contributed by atoms with van der Waals surface area (Å²) in [5.41, 5.74) is 0.953. The predicted octanol–water partition coefficient (Wildman–Crippen LogP) is 2.66. The molecule has 2 N–H and O–H groups in total. The molecule has 0 aliphatic rings. The summed E-state index contributed by atoms with van der Waals surface area (Å²) in [5, 5.41) is 6.17. The molecule has 0 atom stereocenters. The van der Waals surface area contributed by atoms with E-state index in [2.05, 4.69) is 15.6 Å². The molecule has 0 bridgehead atoms. The largest absolute Gasteiger partial charge is 0.492 e. The van der Waals surface area contributed by atoms with Gasteiger partial charge in [0.05, 0.1) is 6.54 Å². The van der Waals surface area contributed by atoms with Gasteiger partial charge in [-0.2, -0.15) is 0 Å². The minimum atomic E-state index is -0.212. The summed E-state index contributed by atoms with van der Waals surface area (Å²) in [6, 6.07) is 12.6. The van der Waals surface area contributed by atoms with E-state index in [0.29, 0.717) is 31.1 Å².